The van der Waals surface area contributed by atoms with Crippen molar-refractivity contribution in [3.8, 4) is 0 Å². The van der Waals surface area contributed by atoms with E-state index in [2.05, 4.69) is 15.9 Å². The molecule has 2 nitrogen and oxygen atoms in total. The van der Waals surface area contributed by atoms with Gasteiger partial charge in [-0.2, -0.15) is 0 Å². The summed E-state index contributed by atoms with van der Waals surface area (Å²) < 4.78 is 19.2. The molecule has 1 rings (SSSR count). The largest absolute Gasteiger partial charge is 0.385 e. The van der Waals surface area contributed by atoms with Crippen LogP contribution in [-0.4, -0.2) is 18.8 Å². The van der Waals surface area contributed by atoms with Crippen LogP contribution >= 0.6 is 27.5 Å². The van der Waals surface area contributed by atoms with Gasteiger partial charge in [0.1, 0.15) is 5.82 Å². The first-order chi connectivity index (χ1) is 7.40. The summed E-state index contributed by atoms with van der Waals surface area (Å²) in [5.41, 5.74) is -1.11. The molecule has 1 unspecified atom stereocenters. The highest BCUT2D eigenvalue weighted by Gasteiger charge is 2.27. The molecular weight excluding hydrogens is 298 g/mol. The molecule has 1 aromatic carbocycles. The first-order valence-corrected chi connectivity index (χ1v) is 5.92. The Bertz CT molecular complexity index is 382. The van der Waals surface area contributed by atoms with Crippen LogP contribution in [0, 0.1) is 5.82 Å². The van der Waals surface area contributed by atoms with E-state index in [4.69, 9.17) is 16.3 Å². The van der Waals surface area contributed by atoms with E-state index in [1.807, 2.05) is 0 Å². The Morgan fingerprint density at radius 3 is 2.75 bits per heavy atom. The van der Waals surface area contributed by atoms with Crippen molar-refractivity contribution < 1.29 is 14.2 Å². The van der Waals surface area contributed by atoms with Crippen molar-refractivity contribution in [2.75, 3.05) is 13.7 Å². The molecular formula is C11H13BrClFO2. The lowest BCUT2D eigenvalue weighted by Gasteiger charge is -2.24. The van der Waals surface area contributed by atoms with Crippen LogP contribution in [0.25, 0.3) is 0 Å². The molecule has 0 amide bonds. The van der Waals surface area contributed by atoms with E-state index in [1.54, 1.807) is 6.07 Å². The lowest BCUT2D eigenvalue weighted by molar-refractivity contribution is 0.0181. The van der Waals surface area contributed by atoms with E-state index in [9.17, 15) is 9.50 Å². The molecule has 0 spiro atoms. The second-order valence-corrected chi connectivity index (χ2v) is 4.97. The Hall–Kier alpha value is -0.160. The highest BCUT2D eigenvalue weighted by atomic mass is 79.9. The maximum Gasteiger partial charge on any atom is 0.149 e. The van der Waals surface area contributed by atoms with Gasteiger partial charge >= 0.3 is 0 Å². The highest BCUT2D eigenvalue weighted by Crippen LogP contribution is 2.34. The summed E-state index contributed by atoms with van der Waals surface area (Å²) in [6.45, 7) is 1.88. The Kier molecular flexibility index (Phi) is 4.73. The average Bonchev–Trinajstić information content (AvgIpc) is 2.23. The third kappa shape index (κ3) is 2.94. The summed E-state index contributed by atoms with van der Waals surface area (Å²) >= 11 is 8.88. The standard InChI is InChI=1S/C11H13BrClFO2/c1-11(15,5-6-16-2)7-3-4-8(12)9(13)10(7)14/h3-4,15H,5-6H2,1-2H3. The van der Waals surface area contributed by atoms with Crippen LogP contribution in [0.5, 0.6) is 0 Å². The van der Waals surface area contributed by atoms with E-state index in [0.29, 0.717) is 17.5 Å². The van der Waals surface area contributed by atoms with Gasteiger partial charge in [0.05, 0.1) is 10.6 Å². The van der Waals surface area contributed by atoms with E-state index in [0.717, 1.165) is 0 Å². The molecule has 0 aliphatic heterocycles. The topological polar surface area (TPSA) is 29.5 Å². The quantitative estimate of drug-likeness (QED) is 0.863. The van der Waals surface area contributed by atoms with Crippen molar-refractivity contribution in [1.82, 2.24) is 0 Å². The number of methoxy groups -OCH3 is 1. The number of aliphatic hydroxyl groups is 1. The zero-order chi connectivity index (χ0) is 12.3. The van der Waals surface area contributed by atoms with Crippen molar-refractivity contribution >= 4 is 27.5 Å². The van der Waals surface area contributed by atoms with Gasteiger partial charge in [0, 0.05) is 30.2 Å². The lowest BCUT2D eigenvalue weighted by Crippen LogP contribution is -2.24. The third-order valence-electron chi connectivity index (χ3n) is 2.41. The van der Waals surface area contributed by atoms with Gasteiger partial charge < -0.3 is 9.84 Å². The molecule has 1 atom stereocenters. The van der Waals surface area contributed by atoms with Gasteiger partial charge in [-0.3, -0.25) is 0 Å². The van der Waals surface area contributed by atoms with E-state index >= 15 is 0 Å². The Morgan fingerprint density at radius 2 is 2.19 bits per heavy atom. The predicted octanol–water partition coefficient (Wildman–Crippen LogP) is 3.49. The fourth-order valence-corrected chi connectivity index (χ4v) is 1.85. The van der Waals surface area contributed by atoms with Crippen molar-refractivity contribution in [2.24, 2.45) is 0 Å². The van der Waals surface area contributed by atoms with Crippen LogP contribution in [0.3, 0.4) is 0 Å². The molecule has 16 heavy (non-hydrogen) atoms. The second kappa shape index (κ2) is 5.45. The third-order valence-corrected chi connectivity index (χ3v) is 3.67. The second-order valence-electron chi connectivity index (χ2n) is 3.74. The Morgan fingerprint density at radius 1 is 1.56 bits per heavy atom. The van der Waals surface area contributed by atoms with Gasteiger partial charge in [0.2, 0.25) is 0 Å². The maximum absolute atomic E-state index is 13.8. The normalized spacial score (nSPS) is 14.9. The first-order valence-electron chi connectivity index (χ1n) is 4.75. The molecule has 0 aliphatic rings. The van der Waals surface area contributed by atoms with Gasteiger partial charge in [0.25, 0.3) is 0 Å². The molecule has 0 radical (unpaired) electrons. The van der Waals surface area contributed by atoms with Crippen molar-refractivity contribution in [2.45, 2.75) is 18.9 Å². The Labute approximate surface area is 108 Å². The predicted molar refractivity (Wildman–Crippen MR) is 65.2 cm³/mol. The van der Waals surface area contributed by atoms with Gasteiger partial charge in [0.15, 0.2) is 0 Å². The zero-order valence-corrected chi connectivity index (χ0v) is 11.4. The molecule has 0 saturated heterocycles. The number of benzene rings is 1. The first kappa shape index (κ1) is 13.9. The summed E-state index contributed by atoms with van der Waals surface area (Å²) in [6.07, 6.45) is 0.304. The fraction of sp³-hybridized carbons (Fsp3) is 0.455. The molecule has 90 valence electrons. The van der Waals surface area contributed by atoms with Crippen LogP contribution < -0.4 is 0 Å². The van der Waals surface area contributed by atoms with Gasteiger partial charge in [-0.25, -0.2) is 4.39 Å². The van der Waals surface area contributed by atoms with E-state index in [1.165, 1.54) is 20.1 Å². The minimum absolute atomic E-state index is 0.0183. The fourth-order valence-electron chi connectivity index (χ4n) is 1.38. The van der Waals surface area contributed by atoms with Crippen LogP contribution in [0.2, 0.25) is 5.02 Å². The maximum atomic E-state index is 13.8. The number of hydrogen-bond acceptors (Lipinski definition) is 2. The minimum atomic E-state index is -1.29. The Balaban J connectivity index is 3.08. The molecule has 0 aromatic heterocycles. The molecule has 1 aromatic rings. The molecule has 0 aliphatic carbocycles. The molecule has 0 saturated carbocycles. The van der Waals surface area contributed by atoms with E-state index in [-0.39, 0.29) is 10.6 Å². The van der Waals surface area contributed by atoms with Crippen LogP contribution in [0.1, 0.15) is 18.9 Å². The number of ether oxygens (including phenoxy) is 1. The zero-order valence-electron chi connectivity index (χ0n) is 9.06. The van der Waals surface area contributed by atoms with Gasteiger partial charge in [-0.1, -0.05) is 17.7 Å². The molecule has 1 N–H and O–H groups in total. The summed E-state index contributed by atoms with van der Waals surface area (Å²) in [4.78, 5) is 0. The monoisotopic (exact) mass is 310 g/mol. The van der Waals surface area contributed by atoms with Crippen molar-refractivity contribution in [3.63, 3.8) is 0 Å². The molecule has 0 fully saturated rings. The molecule has 0 heterocycles. The minimum Gasteiger partial charge on any atom is -0.385 e. The molecule has 5 heteroatoms. The van der Waals surface area contributed by atoms with Crippen LogP contribution in [-0.2, 0) is 10.3 Å². The van der Waals surface area contributed by atoms with E-state index < -0.39 is 11.4 Å². The average molecular weight is 312 g/mol. The van der Waals surface area contributed by atoms with Crippen molar-refractivity contribution in [3.05, 3.63) is 33.0 Å². The molecule has 0 bridgehead atoms. The highest BCUT2D eigenvalue weighted by molar-refractivity contribution is 9.10. The summed E-state index contributed by atoms with van der Waals surface area (Å²) in [7, 11) is 1.53. The van der Waals surface area contributed by atoms with Crippen LogP contribution in [0.15, 0.2) is 16.6 Å². The summed E-state index contributed by atoms with van der Waals surface area (Å²) in [5, 5.41) is 10.1. The summed E-state index contributed by atoms with van der Waals surface area (Å²) in [5.74, 6) is -0.600. The number of halogens is 3. The van der Waals surface area contributed by atoms with Gasteiger partial charge in [-0.05, 0) is 28.9 Å². The van der Waals surface area contributed by atoms with Crippen LogP contribution in [0.4, 0.5) is 4.39 Å². The lowest BCUT2D eigenvalue weighted by atomic mass is 9.92. The smallest absolute Gasteiger partial charge is 0.149 e. The SMILES string of the molecule is COCCC(C)(O)c1ccc(Br)c(Cl)c1F. The number of rotatable bonds is 4. The van der Waals surface area contributed by atoms with Gasteiger partial charge in [-0.15, -0.1) is 0 Å². The number of hydrogen-bond donors (Lipinski definition) is 1. The van der Waals surface area contributed by atoms with Crippen molar-refractivity contribution in [1.29, 1.82) is 0 Å². The summed E-state index contributed by atoms with van der Waals surface area (Å²) in [6, 6.07) is 3.13.